The van der Waals surface area contributed by atoms with E-state index < -0.39 is 0 Å². The first-order chi connectivity index (χ1) is 9.13. The van der Waals surface area contributed by atoms with Crippen LogP contribution in [0, 0.1) is 0 Å². The number of hydrogen-bond acceptors (Lipinski definition) is 3. The maximum atomic E-state index is 6.20. The Morgan fingerprint density at radius 1 is 1.32 bits per heavy atom. The highest BCUT2D eigenvalue weighted by Crippen LogP contribution is 2.34. The summed E-state index contributed by atoms with van der Waals surface area (Å²) in [5, 5.41) is 12.4. The molecule has 0 unspecified atom stereocenters. The molecule has 0 bridgehead atoms. The fraction of sp³-hybridized carbons (Fsp3) is 0.333. The molecule has 2 aromatic rings. The Kier molecular flexibility index (Phi) is 5.21. The first-order valence-corrected chi connectivity index (χ1v) is 7.44. The number of benzene rings is 1. The van der Waals surface area contributed by atoms with Gasteiger partial charge in [0.05, 0.1) is 27.6 Å². The highest BCUT2D eigenvalue weighted by Gasteiger charge is 2.11. The van der Waals surface area contributed by atoms with E-state index >= 15 is 0 Å². The van der Waals surface area contributed by atoms with Crippen molar-refractivity contribution in [1.29, 1.82) is 0 Å². The Morgan fingerprint density at radius 3 is 2.84 bits per heavy atom. The van der Waals surface area contributed by atoms with Crippen molar-refractivity contribution in [2.24, 2.45) is 0 Å². The quantitative estimate of drug-likeness (QED) is 0.648. The van der Waals surface area contributed by atoms with Gasteiger partial charge in [-0.1, -0.05) is 35.3 Å². The molecular formula is C12H13BrCl2N4. The lowest BCUT2D eigenvalue weighted by Gasteiger charge is -2.06. The van der Waals surface area contributed by atoms with Gasteiger partial charge in [0.2, 0.25) is 0 Å². The van der Waals surface area contributed by atoms with Crippen LogP contribution in [-0.4, -0.2) is 21.5 Å². The summed E-state index contributed by atoms with van der Waals surface area (Å²) in [6.45, 7) is 3.76. The summed E-state index contributed by atoms with van der Waals surface area (Å²) in [6, 6.07) is 3.68. The van der Waals surface area contributed by atoms with Gasteiger partial charge >= 0.3 is 0 Å². The van der Waals surface area contributed by atoms with Gasteiger partial charge in [0.15, 0.2) is 0 Å². The van der Waals surface area contributed by atoms with E-state index in [0.29, 0.717) is 22.3 Å². The number of hydrogen-bond donors (Lipinski definition) is 1. The van der Waals surface area contributed by atoms with E-state index in [9.17, 15) is 0 Å². The van der Waals surface area contributed by atoms with Crippen molar-refractivity contribution in [1.82, 2.24) is 20.3 Å². The van der Waals surface area contributed by atoms with Gasteiger partial charge in [0.25, 0.3) is 0 Å². The molecule has 0 aliphatic carbocycles. The first kappa shape index (κ1) is 14.8. The van der Waals surface area contributed by atoms with Gasteiger partial charge < -0.3 is 5.32 Å². The summed E-state index contributed by atoms with van der Waals surface area (Å²) in [7, 11) is 0. The highest BCUT2D eigenvalue weighted by atomic mass is 79.9. The first-order valence-electron chi connectivity index (χ1n) is 5.89. The van der Waals surface area contributed by atoms with Crippen LogP contribution >= 0.6 is 39.1 Å². The van der Waals surface area contributed by atoms with Crippen LogP contribution in [0.25, 0.3) is 5.69 Å². The zero-order valence-electron chi connectivity index (χ0n) is 10.3. The second kappa shape index (κ2) is 6.70. The molecule has 0 aliphatic rings. The van der Waals surface area contributed by atoms with E-state index in [1.54, 1.807) is 4.68 Å². The van der Waals surface area contributed by atoms with Gasteiger partial charge in [-0.25, -0.2) is 4.68 Å². The molecule has 0 saturated heterocycles. The van der Waals surface area contributed by atoms with Gasteiger partial charge in [-0.2, -0.15) is 0 Å². The molecule has 1 aromatic carbocycles. The molecule has 7 heteroatoms. The summed E-state index contributed by atoms with van der Waals surface area (Å²) in [4.78, 5) is 0. The average molecular weight is 364 g/mol. The Hall–Kier alpha value is -0.620. The number of rotatable bonds is 5. The molecule has 19 heavy (non-hydrogen) atoms. The monoisotopic (exact) mass is 362 g/mol. The number of nitrogens with one attached hydrogen (secondary N) is 1. The average Bonchev–Trinajstić information content (AvgIpc) is 2.85. The minimum Gasteiger partial charge on any atom is -0.311 e. The zero-order valence-corrected chi connectivity index (χ0v) is 13.4. The lowest BCUT2D eigenvalue weighted by atomic mass is 10.3. The topological polar surface area (TPSA) is 42.7 Å². The Morgan fingerprint density at radius 2 is 2.11 bits per heavy atom. The Labute approximate surface area is 130 Å². The van der Waals surface area contributed by atoms with E-state index in [-0.39, 0.29) is 0 Å². The van der Waals surface area contributed by atoms with Gasteiger partial charge in [0.1, 0.15) is 0 Å². The van der Waals surface area contributed by atoms with Crippen LogP contribution in [0.1, 0.15) is 19.0 Å². The molecule has 4 nitrogen and oxygen atoms in total. The van der Waals surface area contributed by atoms with Crippen molar-refractivity contribution in [3.8, 4) is 5.69 Å². The van der Waals surface area contributed by atoms with Crippen molar-refractivity contribution in [2.75, 3.05) is 6.54 Å². The SMILES string of the molecule is CCCNCc1cn(-c2ccc(Br)c(Cl)c2Cl)nn1. The van der Waals surface area contributed by atoms with E-state index in [1.165, 1.54) is 0 Å². The summed E-state index contributed by atoms with van der Waals surface area (Å²) in [5.74, 6) is 0. The smallest absolute Gasteiger partial charge is 0.0969 e. The van der Waals surface area contributed by atoms with Crippen LogP contribution in [0.2, 0.25) is 10.0 Å². The molecule has 0 aliphatic heterocycles. The summed E-state index contributed by atoms with van der Waals surface area (Å²) < 4.78 is 2.39. The third-order valence-electron chi connectivity index (χ3n) is 2.54. The molecule has 0 spiro atoms. The molecule has 0 saturated carbocycles. The summed E-state index contributed by atoms with van der Waals surface area (Å²) in [5.41, 5.74) is 1.58. The Balaban J connectivity index is 2.21. The van der Waals surface area contributed by atoms with Gasteiger partial charge in [-0.3, -0.25) is 0 Å². The van der Waals surface area contributed by atoms with E-state index in [1.807, 2.05) is 18.3 Å². The van der Waals surface area contributed by atoms with Gasteiger partial charge in [-0.15, -0.1) is 5.10 Å². The fourth-order valence-corrected chi connectivity index (χ4v) is 2.44. The number of aromatic nitrogens is 3. The van der Waals surface area contributed by atoms with Crippen LogP contribution in [0.15, 0.2) is 22.8 Å². The third kappa shape index (κ3) is 3.48. The molecule has 0 radical (unpaired) electrons. The largest absolute Gasteiger partial charge is 0.311 e. The predicted molar refractivity (Wildman–Crippen MR) is 81.1 cm³/mol. The lowest BCUT2D eigenvalue weighted by molar-refractivity contribution is 0.662. The van der Waals surface area contributed by atoms with E-state index in [4.69, 9.17) is 23.2 Å². The van der Waals surface area contributed by atoms with Crippen molar-refractivity contribution < 1.29 is 0 Å². The van der Waals surface area contributed by atoms with Crippen LogP contribution in [0.5, 0.6) is 0 Å². The fourth-order valence-electron chi connectivity index (χ4n) is 1.58. The summed E-state index contributed by atoms with van der Waals surface area (Å²) in [6.07, 6.45) is 2.93. The maximum absolute atomic E-state index is 6.20. The normalized spacial score (nSPS) is 10.9. The Bertz CT molecular complexity index is 571. The molecule has 0 fully saturated rings. The zero-order chi connectivity index (χ0) is 13.8. The van der Waals surface area contributed by atoms with Crippen LogP contribution in [0.4, 0.5) is 0 Å². The molecule has 102 valence electrons. The van der Waals surface area contributed by atoms with Crippen LogP contribution < -0.4 is 5.32 Å². The third-order valence-corrected chi connectivity index (χ3v) is 4.30. The van der Waals surface area contributed by atoms with Crippen LogP contribution in [0.3, 0.4) is 0 Å². The van der Waals surface area contributed by atoms with Crippen molar-refractivity contribution in [2.45, 2.75) is 19.9 Å². The highest BCUT2D eigenvalue weighted by molar-refractivity contribution is 9.10. The second-order valence-corrected chi connectivity index (χ2v) is 5.64. The predicted octanol–water partition coefficient (Wildman–Crippen LogP) is 3.84. The molecule has 2 rings (SSSR count). The van der Waals surface area contributed by atoms with Crippen molar-refractivity contribution in [3.63, 3.8) is 0 Å². The second-order valence-electron chi connectivity index (χ2n) is 4.03. The summed E-state index contributed by atoms with van der Waals surface area (Å²) >= 11 is 15.6. The van der Waals surface area contributed by atoms with E-state index in [0.717, 1.165) is 23.1 Å². The minimum atomic E-state index is 0.453. The van der Waals surface area contributed by atoms with Crippen molar-refractivity contribution in [3.05, 3.63) is 38.5 Å². The standard InChI is InChI=1S/C12H13BrCl2N4/c1-2-5-16-6-8-7-19(18-17-8)10-4-3-9(13)11(14)12(10)15/h3-4,7,16H,2,5-6H2,1H3. The van der Waals surface area contributed by atoms with Gasteiger partial charge in [-0.05, 0) is 41.0 Å². The number of nitrogens with zero attached hydrogens (tertiary/aromatic N) is 3. The van der Waals surface area contributed by atoms with Crippen molar-refractivity contribution >= 4 is 39.1 Å². The molecule has 0 atom stereocenters. The maximum Gasteiger partial charge on any atom is 0.0969 e. The molecule has 1 aromatic heterocycles. The minimum absolute atomic E-state index is 0.453. The number of halogens is 3. The van der Waals surface area contributed by atoms with E-state index in [2.05, 4.69) is 38.5 Å². The molecule has 1 heterocycles. The van der Waals surface area contributed by atoms with Gasteiger partial charge in [0, 0.05) is 11.0 Å². The molecule has 1 N–H and O–H groups in total. The lowest BCUT2D eigenvalue weighted by Crippen LogP contribution is -2.13. The van der Waals surface area contributed by atoms with Crippen LogP contribution in [-0.2, 0) is 6.54 Å². The molecular weight excluding hydrogens is 351 g/mol. The molecule has 0 amide bonds.